The van der Waals surface area contributed by atoms with Crippen LogP contribution in [0, 0.1) is 18.7 Å². The molecule has 0 saturated carbocycles. The molecule has 1 rings (SSSR count). The third-order valence-electron chi connectivity index (χ3n) is 2.93. The van der Waals surface area contributed by atoms with E-state index >= 15 is 0 Å². The monoisotopic (exact) mass is 282 g/mol. The second-order valence-corrected chi connectivity index (χ2v) is 5.01. The Bertz CT molecular complexity index is 503. The van der Waals surface area contributed by atoms with Crippen LogP contribution in [-0.2, 0) is 4.79 Å². The lowest BCUT2D eigenvalue weighted by Crippen LogP contribution is -2.42. The number of anilines is 1. The Kier molecular flexibility index (Phi) is 5.49. The van der Waals surface area contributed by atoms with E-state index in [2.05, 4.69) is 10.6 Å². The van der Waals surface area contributed by atoms with Crippen molar-refractivity contribution in [3.8, 4) is 0 Å². The average Bonchev–Trinajstić information content (AvgIpc) is 2.32. The molecule has 6 heteroatoms. The third kappa shape index (κ3) is 4.87. The van der Waals surface area contributed by atoms with Gasteiger partial charge in [-0.3, -0.25) is 4.79 Å². The van der Waals surface area contributed by atoms with Gasteiger partial charge in [0.15, 0.2) is 0 Å². The number of carboxylic acid groups (broad SMARTS) is 1. The van der Waals surface area contributed by atoms with Crippen LogP contribution in [0.1, 0.15) is 25.8 Å². The van der Waals surface area contributed by atoms with Gasteiger partial charge in [0, 0.05) is 11.7 Å². The maximum atomic E-state index is 13.1. The van der Waals surface area contributed by atoms with Crippen LogP contribution in [-0.4, -0.2) is 23.1 Å². The summed E-state index contributed by atoms with van der Waals surface area (Å²) in [6.07, 6.45) is -0.145. The lowest BCUT2D eigenvalue weighted by atomic mass is 10.0. The van der Waals surface area contributed by atoms with Gasteiger partial charge in [-0.2, -0.15) is 0 Å². The molecule has 3 N–H and O–H groups in total. The van der Waals surface area contributed by atoms with E-state index in [1.807, 2.05) is 13.8 Å². The topological polar surface area (TPSA) is 78.4 Å². The van der Waals surface area contributed by atoms with E-state index in [4.69, 9.17) is 5.11 Å². The van der Waals surface area contributed by atoms with E-state index < -0.39 is 18.0 Å². The molecule has 1 unspecified atom stereocenters. The fourth-order valence-electron chi connectivity index (χ4n) is 1.70. The highest BCUT2D eigenvalue weighted by Gasteiger charge is 2.19. The number of carbonyl (C=O) groups excluding carboxylic acids is 1. The van der Waals surface area contributed by atoms with Gasteiger partial charge in [-0.05, 0) is 36.6 Å². The quantitative estimate of drug-likeness (QED) is 0.777. The number of urea groups is 1. The molecule has 0 radical (unpaired) electrons. The van der Waals surface area contributed by atoms with E-state index in [1.165, 1.54) is 18.2 Å². The van der Waals surface area contributed by atoms with Gasteiger partial charge in [-0.1, -0.05) is 13.8 Å². The molecular weight excluding hydrogens is 263 g/mol. The van der Waals surface area contributed by atoms with Gasteiger partial charge in [-0.25, -0.2) is 9.18 Å². The number of halogens is 1. The summed E-state index contributed by atoms with van der Waals surface area (Å²) in [5.41, 5.74) is 0.882. The summed E-state index contributed by atoms with van der Waals surface area (Å²) >= 11 is 0. The number of hydrogen-bond acceptors (Lipinski definition) is 2. The van der Waals surface area contributed by atoms with Crippen LogP contribution in [0.15, 0.2) is 18.2 Å². The molecule has 0 spiro atoms. The van der Waals surface area contributed by atoms with Gasteiger partial charge >= 0.3 is 12.0 Å². The maximum Gasteiger partial charge on any atom is 0.319 e. The molecule has 20 heavy (non-hydrogen) atoms. The van der Waals surface area contributed by atoms with Crippen LogP contribution in [0.2, 0.25) is 0 Å². The molecule has 0 aliphatic heterocycles. The van der Waals surface area contributed by atoms with Gasteiger partial charge in [0.1, 0.15) is 5.82 Å². The minimum atomic E-state index is -0.971. The molecule has 2 amide bonds. The van der Waals surface area contributed by atoms with Crippen molar-refractivity contribution in [3.63, 3.8) is 0 Å². The van der Waals surface area contributed by atoms with Crippen LogP contribution in [0.25, 0.3) is 0 Å². The summed E-state index contributed by atoms with van der Waals surface area (Å²) in [6.45, 7) is 5.26. The zero-order valence-corrected chi connectivity index (χ0v) is 11.7. The van der Waals surface area contributed by atoms with Gasteiger partial charge in [0.05, 0.1) is 6.42 Å². The summed E-state index contributed by atoms with van der Waals surface area (Å²) in [5, 5.41) is 14.0. The first-order valence-corrected chi connectivity index (χ1v) is 6.35. The minimum absolute atomic E-state index is 0.00759. The molecule has 0 aliphatic rings. The van der Waals surface area contributed by atoms with Crippen molar-refractivity contribution in [3.05, 3.63) is 29.6 Å². The van der Waals surface area contributed by atoms with E-state index in [0.29, 0.717) is 11.3 Å². The Balaban J connectivity index is 2.65. The molecule has 0 aromatic heterocycles. The predicted octanol–water partition coefficient (Wildman–Crippen LogP) is 2.75. The zero-order valence-electron chi connectivity index (χ0n) is 11.7. The normalized spacial score (nSPS) is 12.1. The number of carbonyl (C=O) groups is 2. The van der Waals surface area contributed by atoms with E-state index in [9.17, 15) is 14.0 Å². The minimum Gasteiger partial charge on any atom is -0.481 e. The molecule has 0 heterocycles. The number of carboxylic acids is 1. The van der Waals surface area contributed by atoms with Crippen molar-refractivity contribution < 1.29 is 19.1 Å². The Morgan fingerprint density at radius 1 is 1.35 bits per heavy atom. The number of rotatable bonds is 5. The second-order valence-electron chi connectivity index (χ2n) is 5.01. The van der Waals surface area contributed by atoms with Crippen LogP contribution in [0.4, 0.5) is 14.9 Å². The van der Waals surface area contributed by atoms with Crippen molar-refractivity contribution in [2.75, 3.05) is 5.32 Å². The lowest BCUT2D eigenvalue weighted by Gasteiger charge is -2.20. The number of aryl methyl sites for hydroxylation is 1. The fourth-order valence-corrected chi connectivity index (χ4v) is 1.70. The third-order valence-corrected chi connectivity index (χ3v) is 2.93. The van der Waals surface area contributed by atoms with Gasteiger partial charge in [0.2, 0.25) is 0 Å². The van der Waals surface area contributed by atoms with Crippen LogP contribution in [0.5, 0.6) is 0 Å². The van der Waals surface area contributed by atoms with Crippen molar-refractivity contribution in [2.45, 2.75) is 33.2 Å². The summed E-state index contributed by atoms with van der Waals surface area (Å²) in [7, 11) is 0. The first kappa shape index (κ1) is 15.9. The molecule has 1 aromatic carbocycles. The van der Waals surface area contributed by atoms with Crippen LogP contribution >= 0.6 is 0 Å². The standard InChI is InChI=1S/C14H19FN2O3/c1-8(2)12(7-13(18)19)17-14(20)16-10-4-5-11(15)9(3)6-10/h4-6,8,12H,7H2,1-3H3,(H,18,19)(H2,16,17,20). The molecular formula is C14H19FN2O3. The number of aliphatic carboxylic acids is 1. The largest absolute Gasteiger partial charge is 0.481 e. The van der Waals surface area contributed by atoms with Gasteiger partial charge in [-0.15, -0.1) is 0 Å². The summed E-state index contributed by atoms with van der Waals surface area (Å²) in [5.74, 6) is -1.32. The first-order chi connectivity index (χ1) is 9.29. The van der Waals surface area contributed by atoms with Gasteiger partial charge in [0.25, 0.3) is 0 Å². The van der Waals surface area contributed by atoms with E-state index in [-0.39, 0.29) is 18.2 Å². The number of hydrogen-bond donors (Lipinski definition) is 3. The van der Waals surface area contributed by atoms with E-state index in [1.54, 1.807) is 6.92 Å². The second kappa shape index (κ2) is 6.88. The molecule has 0 fully saturated rings. The highest BCUT2D eigenvalue weighted by Crippen LogP contribution is 2.14. The molecule has 5 nitrogen and oxygen atoms in total. The van der Waals surface area contributed by atoms with Crippen molar-refractivity contribution >= 4 is 17.7 Å². The predicted molar refractivity (Wildman–Crippen MR) is 74.2 cm³/mol. The Labute approximate surface area is 117 Å². The number of nitrogens with one attached hydrogen (secondary N) is 2. The lowest BCUT2D eigenvalue weighted by molar-refractivity contribution is -0.137. The summed E-state index contributed by atoms with van der Waals surface area (Å²) < 4.78 is 13.1. The molecule has 0 bridgehead atoms. The maximum absolute atomic E-state index is 13.1. The fraction of sp³-hybridized carbons (Fsp3) is 0.429. The van der Waals surface area contributed by atoms with Crippen LogP contribution < -0.4 is 10.6 Å². The van der Waals surface area contributed by atoms with Crippen molar-refractivity contribution in [1.29, 1.82) is 0 Å². The Morgan fingerprint density at radius 2 is 2.00 bits per heavy atom. The molecule has 0 aliphatic carbocycles. The number of benzene rings is 1. The summed E-state index contributed by atoms with van der Waals surface area (Å²) in [4.78, 5) is 22.5. The highest BCUT2D eigenvalue weighted by atomic mass is 19.1. The molecule has 0 saturated heterocycles. The smallest absolute Gasteiger partial charge is 0.319 e. The van der Waals surface area contributed by atoms with Crippen molar-refractivity contribution in [1.82, 2.24) is 5.32 Å². The average molecular weight is 282 g/mol. The Morgan fingerprint density at radius 3 is 2.50 bits per heavy atom. The van der Waals surface area contributed by atoms with Gasteiger partial charge < -0.3 is 15.7 Å². The van der Waals surface area contributed by atoms with Crippen LogP contribution in [0.3, 0.4) is 0 Å². The van der Waals surface area contributed by atoms with E-state index in [0.717, 1.165) is 0 Å². The zero-order chi connectivity index (χ0) is 15.3. The SMILES string of the molecule is Cc1cc(NC(=O)NC(CC(=O)O)C(C)C)ccc1F. The van der Waals surface area contributed by atoms with Crippen molar-refractivity contribution in [2.24, 2.45) is 5.92 Å². The highest BCUT2D eigenvalue weighted by molar-refractivity contribution is 5.89. The first-order valence-electron chi connectivity index (χ1n) is 6.35. The summed E-state index contributed by atoms with van der Waals surface area (Å²) in [6, 6.07) is 3.26. The number of amides is 2. The molecule has 1 aromatic rings. The molecule has 110 valence electrons. The molecule has 1 atom stereocenters. The Hall–Kier alpha value is -2.11.